The van der Waals surface area contributed by atoms with Crippen molar-refractivity contribution >= 4 is 27.9 Å². The van der Waals surface area contributed by atoms with E-state index in [0.29, 0.717) is 11.3 Å². The van der Waals surface area contributed by atoms with Crippen molar-refractivity contribution in [2.45, 2.75) is 26.3 Å². The van der Waals surface area contributed by atoms with Crippen LogP contribution in [0.5, 0.6) is 0 Å². The molecule has 2 aromatic rings. The molecule has 3 rings (SSSR count). The number of benzene rings is 1. The van der Waals surface area contributed by atoms with Gasteiger partial charge in [0, 0.05) is 22.3 Å². The Morgan fingerprint density at radius 3 is 2.50 bits per heavy atom. The second kappa shape index (κ2) is 6.85. The summed E-state index contributed by atoms with van der Waals surface area (Å²) in [5, 5.41) is 11.8. The third kappa shape index (κ3) is 3.44. The summed E-state index contributed by atoms with van der Waals surface area (Å²) < 4.78 is 27.4. The first-order valence-corrected chi connectivity index (χ1v) is 10.3. The van der Waals surface area contributed by atoms with Gasteiger partial charge in [-0.1, -0.05) is 30.4 Å². The zero-order chi connectivity index (χ0) is 18.9. The van der Waals surface area contributed by atoms with Crippen LogP contribution >= 0.6 is 0 Å². The van der Waals surface area contributed by atoms with Gasteiger partial charge in [0.1, 0.15) is 6.07 Å². The van der Waals surface area contributed by atoms with Gasteiger partial charge in [-0.15, -0.1) is 0 Å². The van der Waals surface area contributed by atoms with E-state index < -0.39 is 10.0 Å². The fourth-order valence-electron chi connectivity index (χ4n) is 3.27. The van der Waals surface area contributed by atoms with Gasteiger partial charge in [0.15, 0.2) is 0 Å². The van der Waals surface area contributed by atoms with Crippen LogP contribution in [0.2, 0.25) is 0 Å². The molecule has 1 N–H and O–H groups in total. The molecule has 0 radical (unpaired) electrons. The van der Waals surface area contributed by atoms with Crippen LogP contribution < -0.4 is 15.3 Å². The van der Waals surface area contributed by atoms with Gasteiger partial charge in [-0.25, -0.2) is 8.42 Å². The van der Waals surface area contributed by atoms with Gasteiger partial charge in [0.25, 0.3) is 0 Å². The summed E-state index contributed by atoms with van der Waals surface area (Å²) in [6.07, 6.45) is 10.1. The van der Waals surface area contributed by atoms with Gasteiger partial charge in [-0.05, 0) is 44.0 Å². The zero-order valence-electron chi connectivity index (χ0n) is 15.0. The van der Waals surface area contributed by atoms with Gasteiger partial charge in [-0.2, -0.15) is 5.26 Å². The number of nitrogens with one attached hydrogen (secondary N) is 1. The third-order valence-electron chi connectivity index (χ3n) is 4.22. The van der Waals surface area contributed by atoms with Crippen LogP contribution in [-0.4, -0.2) is 19.2 Å². The van der Waals surface area contributed by atoms with Crippen molar-refractivity contribution < 1.29 is 8.42 Å². The van der Waals surface area contributed by atoms with E-state index in [1.807, 2.05) is 24.3 Å². The molecule has 0 aliphatic heterocycles. The number of nitrogens with zero attached hydrogens (tertiary/aromatic N) is 2. The predicted octanol–water partition coefficient (Wildman–Crippen LogP) is 2.50. The molecule has 0 bridgehead atoms. The van der Waals surface area contributed by atoms with Crippen molar-refractivity contribution in [2.75, 3.05) is 11.0 Å². The number of hydrogen-bond acceptors (Lipinski definition) is 3. The average Bonchev–Trinajstić information content (AvgIpc) is 2.70. The lowest BCUT2D eigenvalue weighted by Crippen LogP contribution is -2.30. The molecule has 0 unspecified atom stereocenters. The van der Waals surface area contributed by atoms with E-state index in [2.05, 4.69) is 41.4 Å². The predicted molar refractivity (Wildman–Crippen MR) is 105 cm³/mol. The second-order valence-electron chi connectivity index (χ2n) is 6.58. The third-order valence-corrected chi connectivity index (χ3v) is 4.83. The Balaban J connectivity index is 2.25. The largest absolute Gasteiger partial charge is 0.337 e. The molecule has 1 aliphatic carbocycles. The maximum atomic E-state index is 11.4. The minimum Gasteiger partial charge on any atom is -0.337 e. The molecule has 1 heterocycles. The van der Waals surface area contributed by atoms with E-state index in [4.69, 9.17) is 0 Å². The highest BCUT2D eigenvalue weighted by atomic mass is 32.2. The first kappa shape index (κ1) is 18.0. The van der Waals surface area contributed by atoms with Gasteiger partial charge in [0.2, 0.25) is 10.0 Å². The molecule has 134 valence electrons. The molecule has 1 aromatic carbocycles. The van der Waals surface area contributed by atoms with Crippen molar-refractivity contribution in [3.8, 4) is 17.3 Å². The monoisotopic (exact) mass is 367 g/mol. The Bertz CT molecular complexity index is 1130. The summed E-state index contributed by atoms with van der Waals surface area (Å²) in [6.45, 7) is 4.18. The number of sulfonamides is 1. The maximum Gasteiger partial charge on any atom is 0.229 e. The van der Waals surface area contributed by atoms with Crippen molar-refractivity contribution in [1.82, 2.24) is 4.57 Å². The molecule has 0 spiro atoms. The summed E-state index contributed by atoms with van der Waals surface area (Å²) in [5.41, 5.74) is 2.90. The molecule has 0 saturated heterocycles. The Labute approximate surface area is 153 Å². The molecular weight excluding hydrogens is 346 g/mol. The highest BCUT2D eigenvalue weighted by Crippen LogP contribution is 2.26. The van der Waals surface area contributed by atoms with E-state index in [1.165, 1.54) is 0 Å². The lowest BCUT2D eigenvalue weighted by atomic mass is 10.1. The highest BCUT2D eigenvalue weighted by molar-refractivity contribution is 7.92. The number of aromatic nitrogens is 1. The Hall–Kier alpha value is -2.78. The first-order valence-electron chi connectivity index (χ1n) is 8.41. The molecule has 0 fully saturated rings. The van der Waals surface area contributed by atoms with Crippen LogP contribution in [-0.2, 0) is 10.0 Å². The van der Waals surface area contributed by atoms with Crippen LogP contribution in [0, 0.1) is 11.3 Å². The quantitative estimate of drug-likeness (QED) is 0.902. The van der Waals surface area contributed by atoms with Crippen LogP contribution in [0.15, 0.2) is 36.4 Å². The van der Waals surface area contributed by atoms with Crippen molar-refractivity contribution in [3.05, 3.63) is 52.5 Å². The van der Waals surface area contributed by atoms with E-state index >= 15 is 0 Å². The van der Waals surface area contributed by atoms with Crippen LogP contribution in [0.4, 0.5) is 5.69 Å². The number of fused-ring (bicyclic) bond motifs is 1. The van der Waals surface area contributed by atoms with E-state index in [0.717, 1.165) is 34.5 Å². The topological polar surface area (TPSA) is 74.9 Å². The number of nitriles is 1. The lowest BCUT2D eigenvalue weighted by Gasteiger charge is -2.15. The number of rotatable bonds is 4. The van der Waals surface area contributed by atoms with Gasteiger partial charge in [0.05, 0.1) is 17.5 Å². The van der Waals surface area contributed by atoms with Crippen molar-refractivity contribution in [2.24, 2.45) is 0 Å². The summed E-state index contributed by atoms with van der Waals surface area (Å²) in [6, 6.07) is 9.66. The molecule has 6 heteroatoms. The van der Waals surface area contributed by atoms with Gasteiger partial charge >= 0.3 is 0 Å². The number of anilines is 1. The highest BCUT2D eigenvalue weighted by Gasteiger charge is 2.18. The summed E-state index contributed by atoms with van der Waals surface area (Å²) in [4.78, 5) is 0. The first-order chi connectivity index (χ1) is 12.3. The average molecular weight is 367 g/mol. The molecule has 0 amide bonds. The molecule has 1 aromatic heterocycles. The minimum atomic E-state index is -3.32. The van der Waals surface area contributed by atoms with Gasteiger partial charge in [-0.3, -0.25) is 4.72 Å². The standard InChI is InChI=1S/C20H21N3O2S/c1-14(2)23-19-8-6-4-5-7-17(19)18(13-21)20(23)15-9-11-16(12-10-15)22-26(3,24)25/h4,6-12,14,22H,5H2,1-3H3. The molecule has 26 heavy (non-hydrogen) atoms. The van der Waals surface area contributed by atoms with E-state index in [1.54, 1.807) is 12.1 Å². The number of allylic oxidation sites excluding steroid dienone is 2. The van der Waals surface area contributed by atoms with Crippen LogP contribution in [0.3, 0.4) is 0 Å². The molecule has 5 nitrogen and oxygen atoms in total. The van der Waals surface area contributed by atoms with Crippen molar-refractivity contribution in [3.63, 3.8) is 0 Å². The zero-order valence-corrected chi connectivity index (χ0v) is 15.8. The summed E-state index contributed by atoms with van der Waals surface area (Å²) in [5.74, 6) is 0. The fourth-order valence-corrected chi connectivity index (χ4v) is 3.83. The fraction of sp³-hybridized carbons (Fsp3) is 0.250. The SMILES string of the molecule is CC(C)n1c(-c2ccc(NS(C)(=O)=O)cc2)c(C#N)c2c1=CC=CCC=2. The molecule has 1 aliphatic rings. The molecule has 0 atom stereocenters. The minimum absolute atomic E-state index is 0.172. The summed E-state index contributed by atoms with van der Waals surface area (Å²) >= 11 is 0. The summed E-state index contributed by atoms with van der Waals surface area (Å²) in [7, 11) is -3.32. The van der Waals surface area contributed by atoms with E-state index in [-0.39, 0.29) is 6.04 Å². The van der Waals surface area contributed by atoms with E-state index in [9.17, 15) is 13.7 Å². The lowest BCUT2D eigenvalue weighted by molar-refractivity contribution is 0.594. The van der Waals surface area contributed by atoms with Gasteiger partial charge < -0.3 is 4.57 Å². The molecule has 0 saturated carbocycles. The molecular formula is C20H21N3O2S. The number of hydrogen-bond donors (Lipinski definition) is 1. The van der Waals surface area contributed by atoms with Crippen molar-refractivity contribution in [1.29, 1.82) is 5.26 Å². The normalized spacial score (nSPS) is 13.3. The second-order valence-corrected chi connectivity index (χ2v) is 8.33. The Kier molecular flexibility index (Phi) is 4.75. The Morgan fingerprint density at radius 1 is 1.23 bits per heavy atom. The smallest absolute Gasteiger partial charge is 0.229 e. The Morgan fingerprint density at radius 2 is 1.92 bits per heavy atom. The maximum absolute atomic E-state index is 11.4. The van der Waals surface area contributed by atoms with Crippen LogP contribution in [0.1, 0.15) is 31.9 Å². The van der Waals surface area contributed by atoms with Crippen LogP contribution in [0.25, 0.3) is 23.4 Å².